The first-order valence-electron chi connectivity index (χ1n) is 5.46. The molecule has 0 unspecified atom stereocenters. The minimum atomic E-state index is 0.00261. The van der Waals surface area contributed by atoms with Crippen LogP contribution in [0.15, 0.2) is 0 Å². The van der Waals surface area contributed by atoms with E-state index in [2.05, 4.69) is 49.9 Å². The van der Waals surface area contributed by atoms with Crippen LogP contribution >= 0.6 is 0 Å². The smallest absolute Gasteiger partial charge is 0.136 e. The van der Waals surface area contributed by atoms with Crippen LogP contribution in [0.4, 0.5) is 5.82 Å². The van der Waals surface area contributed by atoms with Gasteiger partial charge in [-0.1, -0.05) is 20.8 Å². The largest absolute Gasteiger partial charge is 0.370 e. The molecule has 84 valence electrons. The molecule has 3 heteroatoms. The van der Waals surface area contributed by atoms with Crippen molar-refractivity contribution in [3.05, 3.63) is 17.1 Å². The van der Waals surface area contributed by atoms with Gasteiger partial charge >= 0.3 is 0 Å². The summed E-state index contributed by atoms with van der Waals surface area (Å²) in [5.74, 6) is 1.87. The molecule has 15 heavy (non-hydrogen) atoms. The van der Waals surface area contributed by atoms with E-state index in [4.69, 9.17) is 0 Å². The van der Waals surface area contributed by atoms with Crippen molar-refractivity contribution in [1.29, 1.82) is 0 Å². The highest BCUT2D eigenvalue weighted by Crippen LogP contribution is 2.22. The molecule has 0 saturated heterocycles. The van der Waals surface area contributed by atoms with Crippen LogP contribution in [0.1, 0.15) is 44.8 Å². The zero-order valence-corrected chi connectivity index (χ0v) is 10.6. The lowest BCUT2D eigenvalue weighted by Gasteiger charge is -2.19. The number of nitrogens with zero attached hydrogens (tertiary/aromatic N) is 2. The number of anilines is 1. The van der Waals surface area contributed by atoms with Crippen molar-refractivity contribution in [1.82, 2.24) is 9.97 Å². The maximum Gasteiger partial charge on any atom is 0.136 e. The van der Waals surface area contributed by atoms with Crippen molar-refractivity contribution in [2.24, 2.45) is 0 Å². The van der Waals surface area contributed by atoms with Gasteiger partial charge in [0, 0.05) is 23.2 Å². The van der Waals surface area contributed by atoms with Gasteiger partial charge < -0.3 is 5.32 Å². The van der Waals surface area contributed by atoms with Crippen molar-refractivity contribution in [3.63, 3.8) is 0 Å². The Balaban J connectivity index is 3.23. The molecule has 1 rings (SSSR count). The molecular formula is C12H21N3. The molecule has 0 fully saturated rings. The van der Waals surface area contributed by atoms with E-state index in [1.807, 2.05) is 6.92 Å². The van der Waals surface area contributed by atoms with Crippen LogP contribution in [0.3, 0.4) is 0 Å². The average Bonchev–Trinajstić information content (AvgIpc) is 2.11. The number of hydrogen-bond acceptors (Lipinski definition) is 3. The Morgan fingerprint density at radius 2 is 1.73 bits per heavy atom. The predicted molar refractivity (Wildman–Crippen MR) is 64.4 cm³/mol. The zero-order valence-electron chi connectivity index (χ0n) is 10.6. The Morgan fingerprint density at radius 1 is 1.13 bits per heavy atom. The maximum atomic E-state index is 4.57. The highest BCUT2D eigenvalue weighted by atomic mass is 15.0. The van der Waals surface area contributed by atoms with E-state index in [0.29, 0.717) is 0 Å². The van der Waals surface area contributed by atoms with E-state index in [-0.39, 0.29) is 5.41 Å². The van der Waals surface area contributed by atoms with Gasteiger partial charge in [-0.15, -0.1) is 0 Å². The van der Waals surface area contributed by atoms with E-state index < -0.39 is 0 Å². The molecule has 0 aliphatic carbocycles. The molecule has 1 heterocycles. The summed E-state index contributed by atoms with van der Waals surface area (Å²) in [7, 11) is 0. The van der Waals surface area contributed by atoms with Crippen molar-refractivity contribution in [2.75, 3.05) is 11.9 Å². The molecular weight excluding hydrogens is 186 g/mol. The Kier molecular flexibility index (Phi) is 3.32. The molecule has 1 aromatic heterocycles. The summed E-state index contributed by atoms with van der Waals surface area (Å²) in [5, 5.41) is 3.28. The monoisotopic (exact) mass is 207 g/mol. The predicted octanol–water partition coefficient (Wildman–Crippen LogP) is 2.82. The molecule has 0 saturated carbocycles. The summed E-state index contributed by atoms with van der Waals surface area (Å²) < 4.78 is 0. The van der Waals surface area contributed by atoms with Crippen LogP contribution in [-0.2, 0) is 5.41 Å². The van der Waals surface area contributed by atoms with Crippen LogP contribution in [0, 0.1) is 13.8 Å². The Morgan fingerprint density at radius 3 is 2.20 bits per heavy atom. The second kappa shape index (κ2) is 4.17. The maximum absolute atomic E-state index is 4.57. The number of aryl methyl sites for hydroxylation is 1. The summed E-state index contributed by atoms with van der Waals surface area (Å²) in [4.78, 5) is 9.11. The summed E-state index contributed by atoms with van der Waals surface area (Å²) >= 11 is 0. The van der Waals surface area contributed by atoms with Crippen LogP contribution < -0.4 is 5.32 Å². The Hall–Kier alpha value is -1.12. The Labute approximate surface area is 92.3 Å². The normalized spacial score (nSPS) is 11.6. The van der Waals surface area contributed by atoms with Gasteiger partial charge in [0.05, 0.1) is 0 Å². The van der Waals surface area contributed by atoms with Crippen molar-refractivity contribution in [2.45, 2.75) is 47.0 Å². The minimum Gasteiger partial charge on any atom is -0.370 e. The van der Waals surface area contributed by atoms with Gasteiger partial charge in [-0.2, -0.15) is 0 Å². The van der Waals surface area contributed by atoms with Gasteiger partial charge in [-0.25, -0.2) is 9.97 Å². The number of hydrogen-bond donors (Lipinski definition) is 1. The van der Waals surface area contributed by atoms with Crippen LogP contribution in [-0.4, -0.2) is 16.5 Å². The lowest BCUT2D eigenvalue weighted by molar-refractivity contribution is 0.543. The minimum absolute atomic E-state index is 0.00261. The first-order chi connectivity index (χ1) is 6.86. The zero-order chi connectivity index (χ0) is 11.6. The number of nitrogens with one attached hydrogen (secondary N) is 1. The van der Waals surface area contributed by atoms with Crippen molar-refractivity contribution in [3.8, 4) is 0 Å². The molecule has 0 spiro atoms. The molecule has 0 radical (unpaired) electrons. The molecule has 0 atom stereocenters. The van der Waals surface area contributed by atoms with Crippen molar-refractivity contribution < 1.29 is 0 Å². The van der Waals surface area contributed by atoms with Gasteiger partial charge in [-0.05, 0) is 20.8 Å². The summed E-state index contributed by atoms with van der Waals surface area (Å²) in [6.45, 7) is 13.5. The van der Waals surface area contributed by atoms with Crippen LogP contribution in [0.2, 0.25) is 0 Å². The summed E-state index contributed by atoms with van der Waals surface area (Å²) in [6, 6.07) is 0. The number of aromatic nitrogens is 2. The lowest BCUT2D eigenvalue weighted by Crippen LogP contribution is -2.19. The topological polar surface area (TPSA) is 37.8 Å². The quantitative estimate of drug-likeness (QED) is 0.810. The van der Waals surface area contributed by atoms with E-state index in [9.17, 15) is 0 Å². The van der Waals surface area contributed by atoms with Gasteiger partial charge in [0.2, 0.25) is 0 Å². The van der Waals surface area contributed by atoms with Crippen LogP contribution in [0.5, 0.6) is 0 Å². The first kappa shape index (κ1) is 12.0. The third-order valence-electron chi connectivity index (χ3n) is 2.40. The second-order valence-corrected chi connectivity index (χ2v) is 4.89. The van der Waals surface area contributed by atoms with Gasteiger partial charge in [0.1, 0.15) is 11.6 Å². The van der Waals surface area contributed by atoms with E-state index >= 15 is 0 Å². The molecule has 0 aliphatic heterocycles. The molecule has 0 amide bonds. The average molecular weight is 207 g/mol. The fourth-order valence-electron chi connectivity index (χ4n) is 1.30. The van der Waals surface area contributed by atoms with Gasteiger partial charge in [0.15, 0.2) is 0 Å². The first-order valence-corrected chi connectivity index (χ1v) is 5.46. The SMILES string of the molecule is CCNc1nc(C(C)(C)C)nc(C)c1C. The molecule has 3 nitrogen and oxygen atoms in total. The standard InChI is InChI=1S/C12H21N3/c1-7-13-10-8(2)9(3)14-11(15-10)12(4,5)6/h7H2,1-6H3,(H,13,14,15). The lowest BCUT2D eigenvalue weighted by atomic mass is 9.95. The molecule has 0 bridgehead atoms. The van der Waals surface area contributed by atoms with E-state index in [1.165, 1.54) is 0 Å². The molecule has 0 aromatic carbocycles. The molecule has 0 aliphatic rings. The summed E-state index contributed by atoms with van der Waals surface area (Å²) in [5.41, 5.74) is 2.21. The van der Waals surface area contributed by atoms with Gasteiger partial charge in [-0.3, -0.25) is 0 Å². The van der Waals surface area contributed by atoms with Crippen molar-refractivity contribution >= 4 is 5.82 Å². The third kappa shape index (κ3) is 2.67. The highest BCUT2D eigenvalue weighted by molar-refractivity contribution is 5.45. The van der Waals surface area contributed by atoms with Gasteiger partial charge in [0.25, 0.3) is 0 Å². The molecule has 1 aromatic rings. The molecule has 1 N–H and O–H groups in total. The third-order valence-corrected chi connectivity index (χ3v) is 2.40. The van der Waals surface area contributed by atoms with E-state index in [0.717, 1.165) is 29.4 Å². The second-order valence-electron chi connectivity index (χ2n) is 4.89. The summed E-state index contributed by atoms with van der Waals surface area (Å²) in [6.07, 6.45) is 0. The van der Waals surface area contributed by atoms with E-state index in [1.54, 1.807) is 0 Å². The Bertz CT molecular complexity index is 351. The highest BCUT2D eigenvalue weighted by Gasteiger charge is 2.19. The fraction of sp³-hybridized carbons (Fsp3) is 0.667. The van der Waals surface area contributed by atoms with Crippen LogP contribution in [0.25, 0.3) is 0 Å². The fourth-order valence-corrected chi connectivity index (χ4v) is 1.30. The number of rotatable bonds is 2.